The quantitative estimate of drug-likeness (QED) is 0.698. The predicted octanol–water partition coefficient (Wildman–Crippen LogP) is 3.58. The molecular weight excluding hydrogens is 418 g/mol. The lowest BCUT2D eigenvalue weighted by atomic mass is 9.73. The zero-order valence-corrected chi connectivity index (χ0v) is 19.9. The van der Waals surface area contributed by atoms with Gasteiger partial charge in [-0.3, -0.25) is 4.90 Å². The minimum absolute atomic E-state index is 0.0646. The minimum atomic E-state index is -3.15. The number of hydrogen-bond donors (Lipinski definition) is 0. The molecule has 4 rings (SSSR count). The summed E-state index contributed by atoms with van der Waals surface area (Å²) in [7, 11) is -1.46. The standard InChI is InChI=1S/C22H31N3O3S2/c1-16(2)21-23-20-19(29-21)14-24(13-17-5-7-18(28-3)8-6-17)15-22(20)9-11-25(12-10-22)30(4,26)27/h5-8,16H,9-15H2,1-4H3. The fraction of sp³-hybridized carbons (Fsp3) is 0.591. The van der Waals surface area contributed by atoms with Gasteiger partial charge in [-0.25, -0.2) is 17.7 Å². The van der Waals surface area contributed by atoms with Gasteiger partial charge in [-0.15, -0.1) is 11.3 Å². The molecule has 30 heavy (non-hydrogen) atoms. The lowest BCUT2D eigenvalue weighted by Crippen LogP contribution is -2.52. The molecular formula is C22H31N3O3S2. The molecule has 0 atom stereocenters. The Labute approximate surface area is 183 Å². The fourth-order valence-electron chi connectivity index (χ4n) is 4.64. The van der Waals surface area contributed by atoms with Crippen LogP contribution in [0.4, 0.5) is 0 Å². The molecule has 0 saturated carbocycles. The van der Waals surface area contributed by atoms with Crippen LogP contribution in [-0.2, 0) is 28.5 Å². The number of fused-ring (bicyclic) bond motifs is 2. The summed E-state index contributed by atoms with van der Waals surface area (Å²) in [5.41, 5.74) is 2.43. The molecule has 1 aromatic heterocycles. The summed E-state index contributed by atoms with van der Waals surface area (Å²) in [5.74, 6) is 1.28. The van der Waals surface area contributed by atoms with E-state index in [9.17, 15) is 8.42 Å². The van der Waals surface area contributed by atoms with Crippen LogP contribution in [0.3, 0.4) is 0 Å². The average molecular weight is 450 g/mol. The van der Waals surface area contributed by atoms with Crippen LogP contribution >= 0.6 is 11.3 Å². The van der Waals surface area contributed by atoms with E-state index in [0.717, 1.165) is 38.2 Å². The van der Waals surface area contributed by atoms with Crippen molar-refractivity contribution in [3.05, 3.63) is 45.4 Å². The number of thiazole rings is 1. The third-order valence-corrected chi connectivity index (χ3v) is 8.96. The van der Waals surface area contributed by atoms with Gasteiger partial charge in [0.05, 0.1) is 24.1 Å². The molecule has 164 valence electrons. The molecule has 1 spiro atoms. The molecule has 0 bridgehead atoms. The Hall–Kier alpha value is -1.48. The topological polar surface area (TPSA) is 62.7 Å². The minimum Gasteiger partial charge on any atom is -0.497 e. The van der Waals surface area contributed by atoms with Crippen molar-refractivity contribution < 1.29 is 13.2 Å². The molecule has 2 aromatic rings. The molecule has 0 unspecified atom stereocenters. The summed E-state index contributed by atoms with van der Waals surface area (Å²) in [5, 5.41) is 1.19. The summed E-state index contributed by atoms with van der Waals surface area (Å²) in [6.07, 6.45) is 2.97. The van der Waals surface area contributed by atoms with Gasteiger partial charge >= 0.3 is 0 Å². The van der Waals surface area contributed by atoms with Crippen LogP contribution in [0.5, 0.6) is 5.75 Å². The highest BCUT2D eigenvalue weighted by Gasteiger charge is 2.45. The van der Waals surface area contributed by atoms with Crippen molar-refractivity contribution in [2.24, 2.45) is 0 Å². The van der Waals surface area contributed by atoms with Gasteiger partial charge in [-0.2, -0.15) is 0 Å². The van der Waals surface area contributed by atoms with E-state index in [-0.39, 0.29) is 5.41 Å². The van der Waals surface area contributed by atoms with Gasteiger partial charge in [0.25, 0.3) is 0 Å². The predicted molar refractivity (Wildman–Crippen MR) is 121 cm³/mol. The van der Waals surface area contributed by atoms with E-state index >= 15 is 0 Å². The third kappa shape index (κ3) is 4.28. The summed E-state index contributed by atoms with van der Waals surface area (Å²) < 4.78 is 31.0. The van der Waals surface area contributed by atoms with Crippen LogP contribution in [0.1, 0.15) is 53.7 Å². The molecule has 0 N–H and O–H groups in total. The number of ether oxygens (including phenoxy) is 1. The van der Waals surface area contributed by atoms with Crippen molar-refractivity contribution in [3.63, 3.8) is 0 Å². The number of sulfonamides is 1. The number of methoxy groups -OCH3 is 1. The molecule has 1 aromatic carbocycles. The van der Waals surface area contributed by atoms with Gasteiger partial charge in [0.15, 0.2) is 0 Å². The van der Waals surface area contributed by atoms with E-state index in [2.05, 4.69) is 30.9 Å². The van der Waals surface area contributed by atoms with Gasteiger partial charge in [-0.05, 0) is 30.5 Å². The Morgan fingerprint density at radius 3 is 2.43 bits per heavy atom. The first-order chi connectivity index (χ1) is 14.2. The highest BCUT2D eigenvalue weighted by atomic mass is 32.2. The number of nitrogens with zero attached hydrogens (tertiary/aromatic N) is 3. The van der Waals surface area contributed by atoms with E-state index in [1.165, 1.54) is 27.4 Å². The van der Waals surface area contributed by atoms with Gasteiger partial charge in [0.1, 0.15) is 5.75 Å². The summed E-state index contributed by atoms with van der Waals surface area (Å²) in [6, 6.07) is 8.27. The van der Waals surface area contributed by atoms with Crippen LogP contribution in [0.2, 0.25) is 0 Å². The number of hydrogen-bond acceptors (Lipinski definition) is 6. The van der Waals surface area contributed by atoms with Crippen molar-refractivity contribution in [2.45, 2.75) is 51.1 Å². The Kier molecular flexibility index (Phi) is 5.96. The summed E-state index contributed by atoms with van der Waals surface area (Å²) >= 11 is 1.83. The second-order valence-electron chi connectivity index (χ2n) is 8.91. The SMILES string of the molecule is COc1ccc(CN2Cc3sc(C(C)C)nc3C3(CCN(S(C)(=O)=O)CC3)C2)cc1. The second-order valence-corrected chi connectivity index (χ2v) is 12.0. The first-order valence-electron chi connectivity index (χ1n) is 10.5. The molecule has 3 heterocycles. The Morgan fingerprint density at radius 1 is 1.20 bits per heavy atom. The summed E-state index contributed by atoms with van der Waals surface area (Å²) in [6.45, 7) is 8.23. The monoisotopic (exact) mass is 449 g/mol. The van der Waals surface area contributed by atoms with E-state index in [1.54, 1.807) is 11.4 Å². The van der Waals surface area contributed by atoms with Crippen LogP contribution in [-0.4, -0.2) is 55.6 Å². The average Bonchev–Trinajstić information content (AvgIpc) is 3.14. The Morgan fingerprint density at radius 2 is 1.87 bits per heavy atom. The summed E-state index contributed by atoms with van der Waals surface area (Å²) in [4.78, 5) is 8.94. The van der Waals surface area contributed by atoms with E-state index < -0.39 is 10.0 Å². The Bertz CT molecular complexity index is 991. The van der Waals surface area contributed by atoms with Gasteiger partial charge in [0.2, 0.25) is 10.0 Å². The number of benzene rings is 1. The lowest BCUT2D eigenvalue weighted by molar-refractivity contribution is 0.120. The lowest BCUT2D eigenvalue weighted by Gasteiger charge is -2.46. The highest BCUT2D eigenvalue weighted by molar-refractivity contribution is 7.88. The van der Waals surface area contributed by atoms with Gasteiger partial charge in [-0.1, -0.05) is 26.0 Å². The van der Waals surface area contributed by atoms with E-state index in [1.807, 2.05) is 23.5 Å². The normalized spacial score (nSPS) is 19.9. The number of rotatable bonds is 5. The highest BCUT2D eigenvalue weighted by Crippen LogP contribution is 2.45. The van der Waals surface area contributed by atoms with Crippen molar-refractivity contribution in [1.82, 2.24) is 14.2 Å². The molecule has 0 aliphatic carbocycles. The van der Waals surface area contributed by atoms with Gasteiger partial charge in [0, 0.05) is 48.9 Å². The van der Waals surface area contributed by atoms with Gasteiger partial charge < -0.3 is 4.74 Å². The largest absolute Gasteiger partial charge is 0.497 e. The first-order valence-corrected chi connectivity index (χ1v) is 13.2. The van der Waals surface area contributed by atoms with E-state index in [0.29, 0.717) is 19.0 Å². The molecule has 6 nitrogen and oxygen atoms in total. The van der Waals surface area contributed by atoms with Crippen LogP contribution in [0.25, 0.3) is 0 Å². The zero-order chi connectivity index (χ0) is 21.5. The maximum Gasteiger partial charge on any atom is 0.211 e. The van der Waals surface area contributed by atoms with Crippen LogP contribution in [0, 0.1) is 0 Å². The Balaban J connectivity index is 1.61. The molecule has 2 aliphatic rings. The van der Waals surface area contributed by atoms with Crippen molar-refractivity contribution >= 4 is 21.4 Å². The van der Waals surface area contributed by atoms with E-state index in [4.69, 9.17) is 9.72 Å². The number of aromatic nitrogens is 1. The third-order valence-electron chi connectivity index (χ3n) is 6.32. The molecule has 1 fully saturated rings. The molecule has 0 amide bonds. The van der Waals surface area contributed by atoms with Crippen LogP contribution in [0.15, 0.2) is 24.3 Å². The maximum atomic E-state index is 12.0. The smallest absolute Gasteiger partial charge is 0.211 e. The van der Waals surface area contributed by atoms with Crippen molar-refractivity contribution in [2.75, 3.05) is 33.0 Å². The number of piperidine rings is 1. The maximum absolute atomic E-state index is 12.0. The zero-order valence-electron chi connectivity index (χ0n) is 18.2. The molecule has 0 radical (unpaired) electrons. The molecule has 2 aliphatic heterocycles. The van der Waals surface area contributed by atoms with Crippen molar-refractivity contribution in [1.29, 1.82) is 0 Å². The first kappa shape index (κ1) is 21.7. The van der Waals surface area contributed by atoms with Crippen molar-refractivity contribution in [3.8, 4) is 5.75 Å². The molecule has 8 heteroatoms. The second kappa shape index (κ2) is 8.22. The fourth-order valence-corrected chi connectivity index (χ4v) is 6.72. The molecule has 1 saturated heterocycles. The van der Waals surface area contributed by atoms with Crippen LogP contribution < -0.4 is 4.74 Å².